The Bertz CT molecular complexity index is 350. The average Bonchev–Trinajstić information content (AvgIpc) is 2.64. The first kappa shape index (κ1) is 12.6. The fraction of sp³-hybridized carbons (Fsp3) is 0.846. The lowest BCUT2D eigenvalue weighted by Gasteiger charge is -2.28. The number of nitrogens with one attached hydrogen (secondary N) is 1. The van der Waals surface area contributed by atoms with Crippen LogP contribution in [-0.4, -0.2) is 22.0 Å². The lowest BCUT2D eigenvalue weighted by Crippen LogP contribution is -2.21. The molecule has 1 saturated carbocycles. The number of hydrogen-bond acceptors (Lipinski definition) is 3. The summed E-state index contributed by atoms with van der Waals surface area (Å²) in [4.78, 5) is 0. The van der Waals surface area contributed by atoms with Crippen molar-refractivity contribution in [2.24, 2.45) is 0 Å². The van der Waals surface area contributed by atoms with Crippen molar-refractivity contribution in [1.82, 2.24) is 20.3 Å². The summed E-state index contributed by atoms with van der Waals surface area (Å²) >= 11 is 0. The van der Waals surface area contributed by atoms with Gasteiger partial charge < -0.3 is 5.32 Å². The Morgan fingerprint density at radius 1 is 1.35 bits per heavy atom. The van der Waals surface area contributed by atoms with Crippen LogP contribution in [0.4, 0.5) is 0 Å². The number of aromatic nitrogens is 3. The van der Waals surface area contributed by atoms with Crippen LogP contribution in [0.5, 0.6) is 0 Å². The van der Waals surface area contributed by atoms with Gasteiger partial charge in [-0.1, -0.05) is 25.5 Å². The molecule has 0 unspecified atom stereocenters. The predicted octanol–water partition coefficient (Wildman–Crippen LogP) is 2.63. The summed E-state index contributed by atoms with van der Waals surface area (Å²) in [6, 6.07) is 0.517. The summed E-state index contributed by atoms with van der Waals surface area (Å²) in [6.07, 6.45) is 6.25. The van der Waals surface area contributed by atoms with Gasteiger partial charge in [0.05, 0.1) is 17.4 Å². The minimum absolute atomic E-state index is 0.517. The van der Waals surface area contributed by atoms with Crippen molar-refractivity contribution in [1.29, 1.82) is 0 Å². The third-order valence-electron chi connectivity index (χ3n) is 3.93. The molecule has 1 fully saturated rings. The van der Waals surface area contributed by atoms with Crippen molar-refractivity contribution < 1.29 is 0 Å². The molecule has 96 valence electrons. The molecule has 0 atom stereocenters. The molecule has 4 nitrogen and oxygen atoms in total. The van der Waals surface area contributed by atoms with Gasteiger partial charge in [0, 0.05) is 12.5 Å². The largest absolute Gasteiger partial charge is 0.314 e. The van der Waals surface area contributed by atoms with E-state index < -0.39 is 0 Å². The first-order chi connectivity index (χ1) is 8.31. The molecule has 0 spiro atoms. The van der Waals surface area contributed by atoms with Crippen molar-refractivity contribution >= 4 is 0 Å². The summed E-state index contributed by atoms with van der Waals surface area (Å²) < 4.78 is 2.20. The number of nitrogens with zero attached hydrogens (tertiary/aromatic N) is 3. The zero-order valence-electron chi connectivity index (χ0n) is 11.2. The van der Waals surface area contributed by atoms with Crippen LogP contribution >= 0.6 is 0 Å². The van der Waals surface area contributed by atoms with E-state index in [0.29, 0.717) is 12.0 Å². The number of hydrogen-bond donors (Lipinski definition) is 1. The van der Waals surface area contributed by atoms with Gasteiger partial charge in [-0.3, -0.25) is 0 Å². The van der Waals surface area contributed by atoms with Crippen molar-refractivity contribution in [2.45, 2.75) is 64.5 Å². The molecule has 17 heavy (non-hydrogen) atoms. The Balaban J connectivity index is 2.30. The summed E-state index contributed by atoms with van der Waals surface area (Å²) in [5.41, 5.74) is 2.56. The standard InChI is InChI=1S/C13H24N4/c1-4-11(5-2)17-13(10-7-6-8-10)12(9-14-3)15-16-17/h10-11,14H,4-9H2,1-3H3. The van der Waals surface area contributed by atoms with E-state index in [-0.39, 0.29) is 0 Å². The third kappa shape index (κ3) is 2.37. The fourth-order valence-electron chi connectivity index (χ4n) is 2.64. The van der Waals surface area contributed by atoms with E-state index in [2.05, 4.69) is 34.2 Å². The monoisotopic (exact) mass is 236 g/mol. The van der Waals surface area contributed by atoms with Crippen LogP contribution in [0.2, 0.25) is 0 Å². The summed E-state index contributed by atoms with van der Waals surface area (Å²) in [7, 11) is 1.97. The molecule has 1 aromatic rings. The predicted molar refractivity (Wildman–Crippen MR) is 69.0 cm³/mol. The van der Waals surface area contributed by atoms with E-state index in [1.165, 1.54) is 25.0 Å². The molecule has 1 aliphatic rings. The lowest BCUT2D eigenvalue weighted by atomic mass is 9.81. The average molecular weight is 236 g/mol. The zero-order chi connectivity index (χ0) is 12.3. The van der Waals surface area contributed by atoms with Gasteiger partial charge in [0.25, 0.3) is 0 Å². The van der Waals surface area contributed by atoms with Crippen LogP contribution in [0.25, 0.3) is 0 Å². The minimum atomic E-state index is 0.517. The molecule has 1 heterocycles. The zero-order valence-corrected chi connectivity index (χ0v) is 11.2. The lowest BCUT2D eigenvalue weighted by molar-refractivity contribution is 0.345. The van der Waals surface area contributed by atoms with Crippen LogP contribution in [-0.2, 0) is 6.54 Å². The third-order valence-corrected chi connectivity index (χ3v) is 3.93. The second-order valence-electron chi connectivity index (χ2n) is 4.99. The highest BCUT2D eigenvalue weighted by atomic mass is 15.4. The molecule has 0 radical (unpaired) electrons. The summed E-state index contributed by atoms with van der Waals surface area (Å²) in [5, 5.41) is 12.0. The van der Waals surface area contributed by atoms with Gasteiger partial charge >= 0.3 is 0 Å². The Kier molecular flexibility index (Phi) is 4.15. The molecule has 0 bridgehead atoms. The van der Waals surface area contributed by atoms with Gasteiger partial charge in [-0.05, 0) is 32.7 Å². The Morgan fingerprint density at radius 2 is 2.06 bits per heavy atom. The topological polar surface area (TPSA) is 42.7 Å². The second kappa shape index (κ2) is 5.63. The molecular weight excluding hydrogens is 212 g/mol. The van der Waals surface area contributed by atoms with Crippen LogP contribution in [0, 0.1) is 0 Å². The molecule has 0 saturated heterocycles. The molecule has 1 aliphatic carbocycles. The van der Waals surface area contributed by atoms with E-state index in [9.17, 15) is 0 Å². The van der Waals surface area contributed by atoms with E-state index >= 15 is 0 Å². The fourth-order valence-corrected chi connectivity index (χ4v) is 2.64. The maximum absolute atomic E-state index is 4.41. The SMILES string of the molecule is CCC(CC)n1nnc(CNC)c1C1CCC1. The first-order valence-corrected chi connectivity index (χ1v) is 6.90. The summed E-state index contributed by atoms with van der Waals surface area (Å²) in [5.74, 6) is 0.703. The molecular formula is C13H24N4. The molecule has 1 N–H and O–H groups in total. The van der Waals surface area contributed by atoms with E-state index in [1.54, 1.807) is 0 Å². The normalized spacial score (nSPS) is 16.5. The molecule has 2 rings (SSSR count). The minimum Gasteiger partial charge on any atom is -0.314 e. The highest BCUT2D eigenvalue weighted by Crippen LogP contribution is 2.38. The van der Waals surface area contributed by atoms with Gasteiger partial charge in [0.1, 0.15) is 0 Å². The van der Waals surface area contributed by atoms with Crippen molar-refractivity contribution in [3.05, 3.63) is 11.4 Å². The van der Waals surface area contributed by atoms with Crippen LogP contribution in [0.15, 0.2) is 0 Å². The smallest absolute Gasteiger partial charge is 0.0999 e. The van der Waals surface area contributed by atoms with Gasteiger partial charge in [0.15, 0.2) is 0 Å². The summed E-state index contributed by atoms with van der Waals surface area (Å²) in [6.45, 7) is 5.31. The van der Waals surface area contributed by atoms with Gasteiger partial charge in [0.2, 0.25) is 0 Å². The van der Waals surface area contributed by atoms with Crippen molar-refractivity contribution in [3.8, 4) is 0 Å². The Hall–Kier alpha value is -0.900. The van der Waals surface area contributed by atoms with Gasteiger partial charge in [-0.25, -0.2) is 4.68 Å². The van der Waals surface area contributed by atoms with Crippen molar-refractivity contribution in [2.75, 3.05) is 7.05 Å². The molecule has 0 amide bonds. The first-order valence-electron chi connectivity index (χ1n) is 6.90. The van der Waals surface area contributed by atoms with E-state index in [4.69, 9.17) is 0 Å². The number of rotatable bonds is 6. The maximum atomic E-state index is 4.41. The van der Waals surface area contributed by atoms with Crippen LogP contribution < -0.4 is 5.32 Å². The highest BCUT2D eigenvalue weighted by molar-refractivity contribution is 5.18. The van der Waals surface area contributed by atoms with Crippen LogP contribution in [0.3, 0.4) is 0 Å². The van der Waals surface area contributed by atoms with Gasteiger partial charge in [-0.15, -0.1) is 5.10 Å². The molecule has 1 aromatic heterocycles. The molecule has 0 aromatic carbocycles. The maximum Gasteiger partial charge on any atom is 0.0999 e. The quantitative estimate of drug-likeness (QED) is 0.825. The molecule has 4 heteroatoms. The van der Waals surface area contributed by atoms with Crippen molar-refractivity contribution in [3.63, 3.8) is 0 Å². The molecule has 0 aliphatic heterocycles. The second-order valence-corrected chi connectivity index (χ2v) is 4.99. The van der Waals surface area contributed by atoms with Crippen LogP contribution in [0.1, 0.15) is 69.3 Å². The Morgan fingerprint density at radius 3 is 2.53 bits per heavy atom. The highest BCUT2D eigenvalue weighted by Gasteiger charge is 2.29. The Labute approximate surface area is 104 Å². The van der Waals surface area contributed by atoms with E-state index in [1.807, 2.05) is 7.05 Å². The van der Waals surface area contributed by atoms with E-state index in [0.717, 1.165) is 25.1 Å². The van der Waals surface area contributed by atoms with Gasteiger partial charge in [-0.2, -0.15) is 0 Å².